The Morgan fingerprint density at radius 3 is 2.58 bits per heavy atom. The number of ether oxygens (including phenoxy) is 1. The number of amides is 1. The fourth-order valence-corrected chi connectivity index (χ4v) is 2.04. The van der Waals surface area contributed by atoms with Gasteiger partial charge in [0.15, 0.2) is 6.10 Å². The Balaban J connectivity index is 2.02. The van der Waals surface area contributed by atoms with Gasteiger partial charge in [-0.25, -0.2) is 9.18 Å². The molecule has 2 rings (SSSR count). The molecule has 0 unspecified atom stereocenters. The summed E-state index contributed by atoms with van der Waals surface area (Å²) in [6.07, 6.45) is -1.14. The van der Waals surface area contributed by atoms with Gasteiger partial charge in [-0.2, -0.15) is 0 Å². The van der Waals surface area contributed by atoms with E-state index in [-0.39, 0.29) is 22.0 Å². The predicted octanol–water partition coefficient (Wildman–Crippen LogP) is 3.68. The summed E-state index contributed by atoms with van der Waals surface area (Å²) in [7, 11) is 0. The summed E-state index contributed by atoms with van der Waals surface area (Å²) in [5.74, 6) is -2.30. The van der Waals surface area contributed by atoms with Crippen LogP contribution in [0.3, 0.4) is 0 Å². The molecule has 0 radical (unpaired) electrons. The minimum Gasteiger partial charge on any atom is -0.507 e. The van der Waals surface area contributed by atoms with Crippen LogP contribution in [0.1, 0.15) is 22.8 Å². The summed E-state index contributed by atoms with van der Waals surface area (Å²) < 4.78 is 18.5. The lowest BCUT2D eigenvalue weighted by Crippen LogP contribution is -2.30. The van der Waals surface area contributed by atoms with Crippen LogP contribution in [0.5, 0.6) is 5.75 Å². The van der Waals surface area contributed by atoms with E-state index in [4.69, 9.17) is 16.3 Å². The second kappa shape index (κ2) is 7.31. The maximum atomic E-state index is 13.5. The molecule has 0 heterocycles. The number of aromatic hydroxyl groups is 1. The van der Waals surface area contributed by atoms with Crippen LogP contribution >= 0.6 is 11.6 Å². The van der Waals surface area contributed by atoms with Crippen molar-refractivity contribution in [2.45, 2.75) is 20.0 Å². The molecule has 2 aromatic carbocycles. The number of phenols is 1. The van der Waals surface area contributed by atoms with E-state index in [0.29, 0.717) is 5.56 Å². The van der Waals surface area contributed by atoms with Gasteiger partial charge in [0.2, 0.25) is 0 Å². The van der Waals surface area contributed by atoms with Gasteiger partial charge in [0, 0.05) is 10.7 Å². The Kier molecular flexibility index (Phi) is 5.41. The monoisotopic (exact) mass is 351 g/mol. The van der Waals surface area contributed by atoms with Crippen LogP contribution in [-0.2, 0) is 9.53 Å². The van der Waals surface area contributed by atoms with E-state index < -0.39 is 23.8 Å². The SMILES string of the molecule is Cc1ccc(NC(=O)[C@@H](C)OC(=O)c2ccc(Cl)cc2O)cc1F. The Morgan fingerprint density at radius 1 is 1.25 bits per heavy atom. The van der Waals surface area contributed by atoms with E-state index in [1.54, 1.807) is 6.92 Å². The van der Waals surface area contributed by atoms with Gasteiger partial charge >= 0.3 is 5.97 Å². The molecule has 0 spiro atoms. The van der Waals surface area contributed by atoms with Gasteiger partial charge < -0.3 is 15.2 Å². The van der Waals surface area contributed by atoms with E-state index in [1.807, 2.05) is 0 Å². The molecule has 0 aromatic heterocycles. The molecule has 0 saturated carbocycles. The molecule has 126 valence electrons. The van der Waals surface area contributed by atoms with Crippen molar-refractivity contribution in [2.24, 2.45) is 0 Å². The minimum absolute atomic E-state index is 0.111. The summed E-state index contributed by atoms with van der Waals surface area (Å²) in [4.78, 5) is 24.0. The molecule has 0 aliphatic carbocycles. The topological polar surface area (TPSA) is 75.6 Å². The van der Waals surface area contributed by atoms with Crippen molar-refractivity contribution in [1.82, 2.24) is 0 Å². The van der Waals surface area contributed by atoms with E-state index in [9.17, 15) is 19.1 Å². The van der Waals surface area contributed by atoms with E-state index in [1.165, 1.54) is 43.3 Å². The number of hydrogen-bond donors (Lipinski definition) is 2. The second-order valence-electron chi connectivity index (χ2n) is 5.16. The first-order valence-corrected chi connectivity index (χ1v) is 7.42. The van der Waals surface area contributed by atoms with Crippen LogP contribution in [0.25, 0.3) is 0 Å². The van der Waals surface area contributed by atoms with Crippen molar-refractivity contribution < 1.29 is 23.8 Å². The number of phenolic OH excluding ortho intramolecular Hbond substituents is 1. The number of aryl methyl sites for hydroxylation is 1. The van der Waals surface area contributed by atoms with Gasteiger partial charge in [0.05, 0.1) is 0 Å². The Hall–Kier alpha value is -2.60. The Bertz CT molecular complexity index is 794. The fraction of sp³-hybridized carbons (Fsp3) is 0.176. The van der Waals surface area contributed by atoms with E-state index in [0.717, 1.165) is 0 Å². The highest BCUT2D eigenvalue weighted by atomic mass is 35.5. The first kappa shape index (κ1) is 17.7. The van der Waals surface area contributed by atoms with Crippen molar-refractivity contribution in [1.29, 1.82) is 0 Å². The molecule has 7 heteroatoms. The van der Waals surface area contributed by atoms with Crippen molar-refractivity contribution in [3.05, 3.63) is 58.4 Å². The zero-order chi connectivity index (χ0) is 17.9. The summed E-state index contributed by atoms with van der Waals surface area (Å²) in [5.41, 5.74) is 0.589. The van der Waals surface area contributed by atoms with Gasteiger partial charge in [0.25, 0.3) is 5.91 Å². The highest BCUT2D eigenvalue weighted by Gasteiger charge is 2.21. The summed E-state index contributed by atoms with van der Waals surface area (Å²) >= 11 is 5.69. The highest BCUT2D eigenvalue weighted by molar-refractivity contribution is 6.30. The summed E-state index contributed by atoms with van der Waals surface area (Å²) in [5, 5.41) is 12.4. The summed E-state index contributed by atoms with van der Waals surface area (Å²) in [6.45, 7) is 2.97. The van der Waals surface area contributed by atoms with E-state index >= 15 is 0 Å². The molecule has 1 atom stereocenters. The third kappa shape index (κ3) is 4.23. The number of carbonyl (C=O) groups is 2. The van der Waals surface area contributed by atoms with Crippen molar-refractivity contribution in [3.63, 3.8) is 0 Å². The number of hydrogen-bond acceptors (Lipinski definition) is 4. The molecule has 0 saturated heterocycles. The molecule has 0 aliphatic rings. The van der Waals surface area contributed by atoms with Gasteiger partial charge in [-0.3, -0.25) is 4.79 Å². The molecular formula is C17H15ClFNO4. The van der Waals surface area contributed by atoms with Crippen molar-refractivity contribution in [3.8, 4) is 5.75 Å². The lowest BCUT2D eigenvalue weighted by molar-refractivity contribution is -0.123. The van der Waals surface area contributed by atoms with Crippen LogP contribution in [0.15, 0.2) is 36.4 Å². The number of anilines is 1. The normalized spacial score (nSPS) is 11.7. The molecule has 2 N–H and O–H groups in total. The average Bonchev–Trinajstić information content (AvgIpc) is 2.50. The Morgan fingerprint density at radius 2 is 1.96 bits per heavy atom. The van der Waals surface area contributed by atoms with E-state index in [2.05, 4.69) is 5.32 Å². The van der Waals surface area contributed by atoms with Gasteiger partial charge in [0.1, 0.15) is 17.1 Å². The lowest BCUT2D eigenvalue weighted by atomic mass is 10.2. The average molecular weight is 352 g/mol. The second-order valence-corrected chi connectivity index (χ2v) is 5.60. The van der Waals surface area contributed by atoms with Gasteiger partial charge in [-0.1, -0.05) is 17.7 Å². The van der Waals surface area contributed by atoms with Crippen LogP contribution in [-0.4, -0.2) is 23.1 Å². The zero-order valence-corrected chi connectivity index (χ0v) is 13.7. The largest absolute Gasteiger partial charge is 0.507 e. The lowest BCUT2D eigenvalue weighted by Gasteiger charge is -2.14. The number of carbonyl (C=O) groups excluding carboxylic acids is 2. The fourth-order valence-electron chi connectivity index (χ4n) is 1.87. The van der Waals surface area contributed by atoms with Crippen LogP contribution in [0.4, 0.5) is 10.1 Å². The van der Waals surface area contributed by atoms with Crippen LogP contribution < -0.4 is 5.32 Å². The van der Waals surface area contributed by atoms with Gasteiger partial charge in [-0.15, -0.1) is 0 Å². The first-order valence-electron chi connectivity index (χ1n) is 7.04. The number of esters is 1. The minimum atomic E-state index is -1.14. The van der Waals surface area contributed by atoms with Crippen molar-refractivity contribution >= 4 is 29.2 Å². The zero-order valence-electron chi connectivity index (χ0n) is 13.0. The third-order valence-corrected chi connectivity index (χ3v) is 3.51. The standard InChI is InChI=1S/C17H15ClFNO4/c1-9-3-5-12(8-14(9)19)20-16(22)10(2)24-17(23)13-6-4-11(18)7-15(13)21/h3-8,10,21H,1-2H3,(H,20,22)/t10-/m1/s1. The number of nitrogens with one attached hydrogen (secondary N) is 1. The first-order chi connectivity index (χ1) is 11.3. The molecule has 0 bridgehead atoms. The summed E-state index contributed by atoms with van der Waals surface area (Å²) in [6, 6.07) is 8.13. The predicted molar refractivity (Wildman–Crippen MR) is 87.8 cm³/mol. The number of rotatable bonds is 4. The number of benzene rings is 2. The molecule has 1 amide bonds. The quantitative estimate of drug-likeness (QED) is 0.824. The molecular weight excluding hydrogens is 337 g/mol. The molecule has 0 aliphatic heterocycles. The maximum Gasteiger partial charge on any atom is 0.342 e. The van der Waals surface area contributed by atoms with Crippen molar-refractivity contribution in [2.75, 3.05) is 5.32 Å². The number of halogens is 2. The Labute approximate surface area is 143 Å². The smallest absolute Gasteiger partial charge is 0.342 e. The maximum absolute atomic E-state index is 13.5. The van der Waals surface area contributed by atoms with Gasteiger partial charge in [-0.05, 0) is 49.7 Å². The third-order valence-electron chi connectivity index (χ3n) is 3.27. The van der Waals surface area contributed by atoms with Crippen LogP contribution in [0.2, 0.25) is 5.02 Å². The highest BCUT2D eigenvalue weighted by Crippen LogP contribution is 2.23. The molecule has 2 aromatic rings. The molecule has 0 fully saturated rings. The van der Waals surface area contributed by atoms with Crippen LogP contribution in [0, 0.1) is 12.7 Å². The molecule has 5 nitrogen and oxygen atoms in total. The molecule has 24 heavy (non-hydrogen) atoms.